The van der Waals surface area contributed by atoms with E-state index in [4.69, 9.17) is 19.0 Å². The van der Waals surface area contributed by atoms with E-state index in [1.165, 1.54) is 13.2 Å². The zero-order chi connectivity index (χ0) is 17.7. The Morgan fingerprint density at radius 2 is 2.08 bits per heavy atom. The van der Waals surface area contributed by atoms with E-state index in [0.29, 0.717) is 21.3 Å². The summed E-state index contributed by atoms with van der Waals surface area (Å²) in [5.74, 6) is -1.32. The van der Waals surface area contributed by atoms with Crippen LogP contribution in [0.4, 0.5) is 4.79 Å². The van der Waals surface area contributed by atoms with Gasteiger partial charge in [-0.15, -0.1) is 0 Å². The van der Waals surface area contributed by atoms with Crippen molar-refractivity contribution in [2.24, 2.45) is 0 Å². The molecule has 1 heterocycles. The number of carbonyl (C=O) groups excluding carboxylic acids is 1. The molecule has 0 aliphatic rings. The number of ether oxygens (including phenoxy) is 2. The van der Waals surface area contributed by atoms with Crippen molar-refractivity contribution in [3.8, 4) is 0 Å². The molecule has 1 unspecified atom stereocenters. The standard InChI is InChI=1S/C14H13O5.C2H3O2.Hg/c1-8(18-2)6-9-4-3-5-10-7-11(13(15)16)14(17)19-12(9)10;1-4-2-3;/h3-5,7-8H,1,6H2,2H3,(H,15,16);1H3;. The molecule has 8 heteroatoms. The Morgan fingerprint density at radius 1 is 1.33 bits per heavy atom. The van der Waals surface area contributed by atoms with Crippen molar-refractivity contribution in [2.75, 3.05) is 14.2 Å². The number of carbonyl (C=O) groups is 2. The third-order valence-corrected chi connectivity index (χ3v) is 10.1. The molecule has 0 saturated heterocycles. The Morgan fingerprint density at radius 3 is 2.71 bits per heavy atom. The molecule has 0 spiro atoms. The van der Waals surface area contributed by atoms with Gasteiger partial charge in [-0.3, -0.25) is 0 Å². The second-order valence-corrected chi connectivity index (χ2v) is 11.7. The summed E-state index contributed by atoms with van der Waals surface area (Å²) in [6, 6.07) is 6.56. The van der Waals surface area contributed by atoms with Crippen molar-refractivity contribution in [1.29, 1.82) is 0 Å². The fourth-order valence-corrected chi connectivity index (χ4v) is 7.12. The molecule has 1 N–H and O–H groups in total. The number of aromatic carboxylic acids is 1. The molecule has 0 fully saturated rings. The number of rotatable bonds is 7. The van der Waals surface area contributed by atoms with Gasteiger partial charge in [0.15, 0.2) is 0 Å². The molecule has 0 bridgehead atoms. The predicted octanol–water partition coefficient (Wildman–Crippen LogP) is 2.32. The van der Waals surface area contributed by atoms with Gasteiger partial charge in [0.2, 0.25) is 0 Å². The maximum absolute atomic E-state index is 11.8. The molecule has 7 nitrogen and oxygen atoms in total. The van der Waals surface area contributed by atoms with Crippen LogP contribution in [0.25, 0.3) is 11.0 Å². The summed E-state index contributed by atoms with van der Waals surface area (Å²) in [5, 5.41) is 9.55. The number of benzene rings is 1. The van der Waals surface area contributed by atoms with Gasteiger partial charge in [0.05, 0.1) is 0 Å². The van der Waals surface area contributed by atoms with Gasteiger partial charge in [-0.1, -0.05) is 0 Å². The van der Waals surface area contributed by atoms with E-state index in [9.17, 15) is 14.4 Å². The molecular formula is C16H16HgO7. The summed E-state index contributed by atoms with van der Waals surface area (Å²) in [4.78, 5) is 34.2. The molecule has 1 aromatic carbocycles. The van der Waals surface area contributed by atoms with Gasteiger partial charge in [-0.2, -0.15) is 0 Å². The Balaban J connectivity index is 2.31. The second-order valence-electron chi connectivity index (χ2n) is 5.26. The molecule has 0 saturated carbocycles. The summed E-state index contributed by atoms with van der Waals surface area (Å²) in [6.45, 7) is 0. The van der Waals surface area contributed by atoms with E-state index in [0.717, 1.165) is 5.56 Å². The number of hydrogen-bond acceptors (Lipinski definition) is 6. The van der Waals surface area contributed by atoms with Gasteiger partial charge in [-0.05, 0) is 0 Å². The molecule has 1 atom stereocenters. The van der Waals surface area contributed by atoms with Crippen LogP contribution in [0.1, 0.15) is 15.9 Å². The van der Waals surface area contributed by atoms with E-state index in [1.807, 2.05) is 0 Å². The SMILES string of the molecule is CO[C](=O)[Hg][CH2]C(Cc1cccc2cc(C(=O)O)c(=O)oc12)OC. The fraction of sp³-hybridized carbons (Fsp3) is 0.312. The van der Waals surface area contributed by atoms with Gasteiger partial charge >= 0.3 is 150 Å². The first-order valence-corrected chi connectivity index (χ1v) is 14.0. The summed E-state index contributed by atoms with van der Waals surface area (Å²) >= 11 is -1.84. The van der Waals surface area contributed by atoms with E-state index >= 15 is 0 Å². The van der Waals surface area contributed by atoms with Crippen LogP contribution in [0.15, 0.2) is 33.5 Å². The second kappa shape index (κ2) is 8.39. The average Bonchev–Trinajstić information content (AvgIpc) is 2.57. The van der Waals surface area contributed by atoms with Gasteiger partial charge in [0, 0.05) is 0 Å². The van der Waals surface area contributed by atoms with Crippen LogP contribution in [0.2, 0.25) is 3.93 Å². The van der Waals surface area contributed by atoms with E-state index in [1.54, 1.807) is 25.3 Å². The van der Waals surface area contributed by atoms with Crippen LogP contribution in [0, 0.1) is 0 Å². The third kappa shape index (κ3) is 4.42. The average molecular weight is 521 g/mol. The van der Waals surface area contributed by atoms with Crippen LogP contribution in [-0.4, -0.2) is 34.9 Å². The molecule has 1 aromatic heterocycles. The molecule has 0 aliphatic carbocycles. The molecule has 0 aliphatic heterocycles. The summed E-state index contributed by atoms with van der Waals surface area (Å²) in [7, 11) is 2.95. The number of carboxylic acids is 1. The van der Waals surface area contributed by atoms with Crippen LogP contribution in [-0.2, 0) is 40.5 Å². The molecule has 2 aromatic rings. The van der Waals surface area contributed by atoms with E-state index in [2.05, 4.69) is 0 Å². The quantitative estimate of drug-likeness (QED) is 0.441. The molecule has 0 radical (unpaired) electrons. The number of hydrogen-bond donors (Lipinski definition) is 1. The Bertz CT molecular complexity index is 812. The Kier molecular flexibility index (Phi) is 6.50. The predicted molar refractivity (Wildman–Crippen MR) is 81.2 cm³/mol. The Labute approximate surface area is 150 Å². The molecule has 124 valence electrons. The van der Waals surface area contributed by atoms with Crippen molar-refractivity contribution in [2.45, 2.75) is 16.5 Å². The van der Waals surface area contributed by atoms with Crippen LogP contribution in [0.5, 0.6) is 0 Å². The molecular weight excluding hydrogens is 505 g/mol. The van der Waals surface area contributed by atoms with Gasteiger partial charge < -0.3 is 0 Å². The normalized spacial score (nSPS) is 11.8. The number of methoxy groups -OCH3 is 2. The van der Waals surface area contributed by atoms with Crippen molar-refractivity contribution in [1.82, 2.24) is 0 Å². The summed E-state index contributed by atoms with van der Waals surface area (Å²) in [6.07, 6.45) is 0.307. The van der Waals surface area contributed by atoms with E-state index in [-0.39, 0.29) is 9.58 Å². The number of fused-ring (bicyclic) bond motifs is 1. The maximum atomic E-state index is 11.8. The Hall–Kier alpha value is -1.73. The first-order chi connectivity index (χ1) is 11.5. The fourth-order valence-electron chi connectivity index (χ4n) is 2.44. The third-order valence-electron chi connectivity index (χ3n) is 3.75. The van der Waals surface area contributed by atoms with Crippen molar-refractivity contribution in [3.63, 3.8) is 0 Å². The zero-order valence-corrected chi connectivity index (χ0v) is 18.9. The topological polar surface area (TPSA) is 103 Å². The van der Waals surface area contributed by atoms with Gasteiger partial charge in [-0.25, -0.2) is 0 Å². The monoisotopic (exact) mass is 522 g/mol. The van der Waals surface area contributed by atoms with Gasteiger partial charge in [0.25, 0.3) is 0 Å². The molecule has 0 amide bonds. The number of para-hydroxylation sites is 1. The zero-order valence-electron chi connectivity index (χ0n) is 13.4. The molecule has 2 rings (SSSR count). The first-order valence-electron chi connectivity index (χ1n) is 7.35. The van der Waals surface area contributed by atoms with Crippen LogP contribution < -0.4 is 5.63 Å². The van der Waals surface area contributed by atoms with Crippen molar-refractivity contribution in [3.05, 3.63) is 45.8 Å². The number of carboxylic acid groups (broad SMARTS) is 1. The minimum absolute atomic E-state index is 0.104. The van der Waals surface area contributed by atoms with Crippen LogP contribution in [0.3, 0.4) is 0 Å². The summed E-state index contributed by atoms with van der Waals surface area (Å²) < 4.78 is 15.9. The minimum atomic E-state index is -1.84. The first kappa shape index (κ1) is 18.6. The van der Waals surface area contributed by atoms with E-state index < -0.39 is 41.7 Å². The van der Waals surface area contributed by atoms with Gasteiger partial charge in [0.1, 0.15) is 0 Å². The van der Waals surface area contributed by atoms with Crippen molar-refractivity contribution < 1.29 is 53.2 Å². The molecule has 24 heavy (non-hydrogen) atoms. The van der Waals surface area contributed by atoms with Crippen LogP contribution >= 0.6 is 0 Å². The summed E-state index contributed by atoms with van der Waals surface area (Å²) in [5.41, 5.74) is -0.188. The van der Waals surface area contributed by atoms with Crippen molar-refractivity contribution >= 4 is 20.4 Å².